The number of benzene rings is 1. The second kappa shape index (κ2) is 8.69. The Morgan fingerprint density at radius 3 is 2.18 bits per heavy atom. The van der Waals surface area contributed by atoms with E-state index in [2.05, 4.69) is 18.7 Å². The average Bonchev–Trinajstić information content (AvgIpc) is 2.67. The van der Waals surface area contributed by atoms with Crippen LogP contribution in [0.5, 0.6) is 0 Å². The minimum atomic E-state index is -3.52. The van der Waals surface area contributed by atoms with Crippen molar-refractivity contribution in [1.29, 1.82) is 0 Å². The van der Waals surface area contributed by atoms with Crippen LogP contribution < -0.4 is 4.90 Å². The van der Waals surface area contributed by atoms with Crippen LogP contribution in [0.2, 0.25) is 5.02 Å². The first-order valence-corrected chi connectivity index (χ1v) is 12.0. The topological polar surface area (TPSA) is 62.1 Å². The summed E-state index contributed by atoms with van der Waals surface area (Å²) in [7, 11) is -3.52. The number of sulfonamides is 1. The van der Waals surface area contributed by atoms with Crippen LogP contribution in [0.15, 0.2) is 29.2 Å². The maximum Gasteiger partial charge on any atom is 0.281 e. The van der Waals surface area contributed by atoms with Crippen LogP contribution in [0.1, 0.15) is 40.0 Å². The van der Waals surface area contributed by atoms with Crippen LogP contribution in [-0.2, 0) is 14.8 Å². The summed E-state index contributed by atoms with van der Waals surface area (Å²) in [6.45, 7) is 8.35. The van der Waals surface area contributed by atoms with E-state index in [0.29, 0.717) is 31.2 Å². The number of carbonyl (C=O) groups excluding carboxylic acids is 1. The molecule has 0 aromatic heterocycles. The molecule has 0 bridgehead atoms. The molecule has 1 amide bonds. The summed E-state index contributed by atoms with van der Waals surface area (Å²) in [5, 5.41) is 0.515. The first-order valence-electron chi connectivity index (χ1n) is 10.1. The van der Waals surface area contributed by atoms with Crippen LogP contribution in [0.4, 0.5) is 0 Å². The number of piperazine rings is 1. The maximum atomic E-state index is 13.1. The van der Waals surface area contributed by atoms with Crippen LogP contribution in [0, 0.1) is 0 Å². The molecule has 2 aliphatic heterocycles. The Hall–Kier alpha value is -1.15. The molecule has 0 unspecified atom stereocenters. The molecule has 28 heavy (non-hydrogen) atoms. The van der Waals surface area contributed by atoms with Gasteiger partial charge in [-0.3, -0.25) is 4.79 Å². The zero-order chi connectivity index (χ0) is 20.5. The molecule has 1 N–H and O–H groups in total. The number of nitrogens with one attached hydrogen (secondary N) is 1. The summed E-state index contributed by atoms with van der Waals surface area (Å²) in [5.41, 5.74) is 0. The van der Waals surface area contributed by atoms with Gasteiger partial charge in [-0.15, -0.1) is 0 Å². The van der Waals surface area contributed by atoms with Crippen molar-refractivity contribution in [3.63, 3.8) is 0 Å². The lowest BCUT2D eigenvalue weighted by Crippen LogP contribution is -3.19. The zero-order valence-electron chi connectivity index (χ0n) is 16.9. The highest BCUT2D eigenvalue weighted by Crippen LogP contribution is 2.23. The van der Waals surface area contributed by atoms with Crippen molar-refractivity contribution in [2.24, 2.45) is 0 Å². The average molecular weight is 429 g/mol. The van der Waals surface area contributed by atoms with Gasteiger partial charge in [-0.05, 0) is 64.3 Å². The van der Waals surface area contributed by atoms with Crippen molar-refractivity contribution >= 4 is 27.5 Å². The van der Waals surface area contributed by atoms with Gasteiger partial charge < -0.3 is 9.80 Å². The van der Waals surface area contributed by atoms with E-state index in [-0.39, 0.29) is 28.9 Å². The Morgan fingerprint density at radius 1 is 1.11 bits per heavy atom. The van der Waals surface area contributed by atoms with Gasteiger partial charge in [-0.2, -0.15) is 4.31 Å². The highest BCUT2D eigenvalue weighted by molar-refractivity contribution is 7.89. The lowest BCUT2D eigenvalue weighted by molar-refractivity contribution is -0.918. The van der Waals surface area contributed by atoms with Crippen LogP contribution in [-0.4, -0.2) is 67.8 Å². The van der Waals surface area contributed by atoms with Gasteiger partial charge in [0.05, 0.1) is 31.1 Å². The fraction of sp³-hybridized carbons (Fsp3) is 0.650. The Balaban J connectivity index is 1.63. The van der Waals surface area contributed by atoms with Crippen LogP contribution >= 0.6 is 11.6 Å². The molecular formula is C20H31ClN3O3S+. The second-order valence-corrected chi connectivity index (χ2v) is 10.5. The van der Waals surface area contributed by atoms with E-state index >= 15 is 0 Å². The molecule has 2 saturated heterocycles. The molecule has 156 valence electrons. The third-order valence-electron chi connectivity index (χ3n) is 6.25. The monoisotopic (exact) mass is 428 g/mol. The second-order valence-electron chi connectivity index (χ2n) is 8.11. The highest BCUT2D eigenvalue weighted by atomic mass is 35.5. The molecular weight excluding hydrogens is 398 g/mol. The summed E-state index contributed by atoms with van der Waals surface area (Å²) in [6.07, 6.45) is 3.30. The molecule has 1 aromatic rings. The summed E-state index contributed by atoms with van der Waals surface area (Å²) in [5.74, 6) is 0.198. The van der Waals surface area contributed by atoms with E-state index in [9.17, 15) is 13.2 Å². The zero-order valence-corrected chi connectivity index (χ0v) is 18.5. The molecule has 6 nitrogen and oxygen atoms in total. The third kappa shape index (κ3) is 4.37. The van der Waals surface area contributed by atoms with Gasteiger partial charge in [0.25, 0.3) is 5.91 Å². The maximum absolute atomic E-state index is 13.1. The Morgan fingerprint density at radius 2 is 1.64 bits per heavy atom. The smallest absolute Gasteiger partial charge is 0.281 e. The lowest BCUT2D eigenvalue weighted by atomic mass is 9.96. The molecule has 1 aromatic carbocycles. The minimum Gasteiger partial charge on any atom is -0.332 e. The number of amides is 1. The quantitative estimate of drug-likeness (QED) is 0.788. The van der Waals surface area contributed by atoms with E-state index in [1.807, 2.05) is 6.92 Å². The van der Waals surface area contributed by atoms with Crippen molar-refractivity contribution in [3.05, 3.63) is 29.3 Å². The van der Waals surface area contributed by atoms with Gasteiger partial charge in [0.1, 0.15) is 0 Å². The van der Waals surface area contributed by atoms with E-state index in [4.69, 9.17) is 11.6 Å². The Labute approximate surface area is 173 Å². The number of hydrogen-bond acceptors (Lipinski definition) is 3. The summed E-state index contributed by atoms with van der Waals surface area (Å²) in [4.78, 5) is 16.6. The molecule has 2 aliphatic rings. The number of hydrogen-bond donors (Lipinski definition) is 1. The first kappa shape index (κ1) is 21.6. The van der Waals surface area contributed by atoms with Crippen molar-refractivity contribution in [2.45, 2.75) is 63.1 Å². The number of piperidine rings is 1. The fourth-order valence-corrected chi connectivity index (χ4v) is 6.02. The summed E-state index contributed by atoms with van der Waals surface area (Å²) < 4.78 is 27.2. The largest absolute Gasteiger partial charge is 0.332 e. The van der Waals surface area contributed by atoms with Crippen LogP contribution in [0.25, 0.3) is 0 Å². The number of halogens is 1. The summed E-state index contributed by atoms with van der Waals surface area (Å²) in [6, 6.07) is 6.69. The first-order chi connectivity index (χ1) is 13.2. The van der Waals surface area contributed by atoms with Gasteiger partial charge in [0, 0.05) is 17.1 Å². The normalized spacial score (nSPS) is 26.2. The van der Waals surface area contributed by atoms with E-state index < -0.39 is 10.0 Å². The molecule has 2 fully saturated rings. The summed E-state index contributed by atoms with van der Waals surface area (Å²) >= 11 is 5.87. The SMILES string of the molecule is C[C@H](C(=O)N1[C@@H](C)CCC[C@@H]1C)[NH+]1CCN(S(=O)(=O)c2ccc(Cl)cc2)CC1. The molecule has 0 spiro atoms. The van der Waals surface area contributed by atoms with Crippen molar-refractivity contribution in [3.8, 4) is 0 Å². The van der Waals surface area contributed by atoms with Crippen LogP contribution in [0.3, 0.4) is 0 Å². The van der Waals surface area contributed by atoms with Gasteiger partial charge in [0.2, 0.25) is 10.0 Å². The number of nitrogens with zero attached hydrogens (tertiary/aromatic N) is 2. The standard InChI is InChI=1S/C20H30ClN3O3S/c1-15-5-4-6-16(2)24(15)20(25)17(3)22-11-13-23(14-12-22)28(26,27)19-9-7-18(21)8-10-19/h7-10,15-17H,4-6,11-14H2,1-3H3/p+1/t15-,16-,17+/m0/s1. The van der Waals surface area contributed by atoms with Crippen molar-refractivity contribution in [1.82, 2.24) is 9.21 Å². The molecule has 0 radical (unpaired) electrons. The number of likely N-dealkylation sites (tertiary alicyclic amines) is 1. The van der Waals surface area contributed by atoms with Gasteiger partial charge in [-0.25, -0.2) is 8.42 Å². The van der Waals surface area contributed by atoms with Gasteiger partial charge in [0.15, 0.2) is 6.04 Å². The highest BCUT2D eigenvalue weighted by Gasteiger charge is 2.39. The van der Waals surface area contributed by atoms with E-state index in [1.165, 1.54) is 10.7 Å². The number of quaternary nitrogens is 1. The van der Waals surface area contributed by atoms with Gasteiger partial charge in [-0.1, -0.05) is 11.6 Å². The molecule has 8 heteroatoms. The molecule has 0 aliphatic carbocycles. The van der Waals surface area contributed by atoms with Crippen molar-refractivity contribution < 1.29 is 18.1 Å². The predicted molar refractivity (Wildman–Crippen MR) is 110 cm³/mol. The van der Waals surface area contributed by atoms with Gasteiger partial charge >= 0.3 is 0 Å². The molecule has 2 heterocycles. The van der Waals surface area contributed by atoms with E-state index in [1.54, 1.807) is 24.3 Å². The third-order valence-corrected chi connectivity index (χ3v) is 8.41. The molecule has 3 rings (SSSR count). The Kier molecular flexibility index (Phi) is 6.69. The molecule has 3 atom stereocenters. The number of rotatable bonds is 4. The Bertz CT molecular complexity index is 781. The lowest BCUT2D eigenvalue weighted by Gasteiger charge is -2.42. The minimum absolute atomic E-state index is 0.150. The van der Waals surface area contributed by atoms with E-state index in [0.717, 1.165) is 17.7 Å². The molecule has 0 saturated carbocycles. The fourth-order valence-electron chi connectivity index (χ4n) is 4.46. The number of carbonyl (C=O) groups is 1. The predicted octanol–water partition coefficient (Wildman–Crippen LogP) is 1.41. The van der Waals surface area contributed by atoms with Crippen molar-refractivity contribution in [2.75, 3.05) is 26.2 Å².